The third kappa shape index (κ3) is 3.83. The maximum absolute atomic E-state index is 13.5. The van der Waals surface area contributed by atoms with Gasteiger partial charge in [-0.15, -0.1) is 0 Å². The van der Waals surface area contributed by atoms with E-state index in [4.69, 9.17) is 0 Å². The molecule has 2 aromatic rings. The van der Waals surface area contributed by atoms with E-state index in [0.29, 0.717) is 37.4 Å². The highest BCUT2D eigenvalue weighted by atomic mass is 16.2. The molecule has 5 rings (SSSR count). The number of carbonyl (C=O) groups excluding carboxylic acids is 4. The summed E-state index contributed by atoms with van der Waals surface area (Å²) in [6.45, 7) is 2.21. The first-order valence-corrected chi connectivity index (χ1v) is 11.7. The lowest BCUT2D eigenvalue weighted by Crippen LogP contribution is -2.47. The molecule has 2 aromatic carbocycles. The third-order valence-corrected chi connectivity index (χ3v) is 7.34. The van der Waals surface area contributed by atoms with Gasteiger partial charge < -0.3 is 15.5 Å². The van der Waals surface area contributed by atoms with Crippen molar-refractivity contribution in [1.82, 2.24) is 15.1 Å². The molecule has 1 spiro atoms. The number of carbonyl (C=O) groups is 4. The predicted molar refractivity (Wildman–Crippen MR) is 126 cm³/mol. The van der Waals surface area contributed by atoms with Crippen molar-refractivity contribution in [1.29, 1.82) is 0 Å². The number of aryl methyl sites for hydroxylation is 1. The Kier molecular flexibility index (Phi) is 5.59. The molecule has 1 heterocycles. The minimum absolute atomic E-state index is 0.0402. The molecule has 0 bridgehead atoms. The second-order valence-corrected chi connectivity index (χ2v) is 9.45. The van der Waals surface area contributed by atoms with Crippen molar-refractivity contribution in [2.24, 2.45) is 5.92 Å². The van der Waals surface area contributed by atoms with E-state index < -0.39 is 11.6 Å². The summed E-state index contributed by atoms with van der Waals surface area (Å²) in [4.78, 5) is 53.5. The zero-order valence-electron chi connectivity index (χ0n) is 19.1. The van der Waals surface area contributed by atoms with Crippen LogP contribution in [0, 0.1) is 5.92 Å². The molecule has 2 atom stereocenters. The third-order valence-electron chi connectivity index (χ3n) is 7.34. The summed E-state index contributed by atoms with van der Waals surface area (Å²) in [5.74, 6) is -0.162. The molecular weight excluding hydrogens is 432 g/mol. The normalized spacial score (nSPS) is 21.9. The number of fused-ring (bicyclic) bond motifs is 2. The minimum Gasteiger partial charge on any atom is -0.334 e. The van der Waals surface area contributed by atoms with Gasteiger partial charge in [0.2, 0.25) is 12.3 Å². The van der Waals surface area contributed by atoms with Crippen LogP contribution in [0.2, 0.25) is 0 Å². The fraction of sp³-hybridized carbons (Fsp3) is 0.385. The molecule has 1 aliphatic heterocycles. The van der Waals surface area contributed by atoms with E-state index in [1.165, 1.54) is 0 Å². The predicted octanol–water partition coefficient (Wildman–Crippen LogP) is 2.78. The lowest BCUT2D eigenvalue weighted by Gasteiger charge is -2.31. The second-order valence-electron chi connectivity index (χ2n) is 9.45. The van der Waals surface area contributed by atoms with Crippen LogP contribution in [-0.2, 0) is 32.9 Å². The summed E-state index contributed by atoms with van der Waals surface area (Å²) in [7, 11) is 0. The van der Waals surface area contributed by atoms with Crippen molar-refractivity contribution in [2.45, 2.75) is 50.7 Å². The first kappa shape index (κ1) is 22.1. The Morgan fingerprint density at radius 2 is 2.00 bits per heavy atom. The molecule has 2 aliphatic carbocycles. The molecule has 0 aromatic heterocycles. The highest BCUT2D eigenvalue weighted by Crippen LogP contribution is 2.42. The van der Waals surface area contributed by atoms with Crippen molar-refractivity contribution < 1.29 is 19.2 Å². The van der Waals surface area contributed by atoms with Gasteiger partial charge in [0.25, 0.3) is 5.91 Å². The van der Waals surface area contributed by atoms with Crippen LogP contribution in [-0.4, -0.2) is 46.6 Å². The van der Waals surface area contributed by atoms with Gasteiger partial charge in [-0.2, -0.15) is 0 Å². The van der Waals surface area contributed by atoms with Crippen molar-refractivity contribution in [3.8, 4) is 0 Å². The van der Waals surface area contributed by atoms with Gasteiger partial charge in [0.05, 0.1) is 0 Å². The number of imide groups is 1. The van der Waals surface area contributed by atoms with Crippen LogP contribution in [0.5, 0.6) is 0 Å². The average molecular weight is 461 g/mol. The second kappa shape index (κ2) is 8.59. The largest absolute Gasteiger partial charge is 0.334 e. The number of benzene rings is 2. The Morgan fingerprint density at radius 1 is 1.24 bits per heavy atom. The highest BCUT2D eigenvalue weighted by molar-refractivity contribution is 6.10. The van der Waals surface area contributed by atoms with Crippen molar-refractivity contribution in [2.75, 3.05) is 11.9 Å². The van der Waals surface area contributed by atoms with E-state index in [0.717, 1.165) is 34.4 Å². The molecule has 176 valence electrons. The van der Waals surface area contributed by atoms with Gasteiger partial charge in [0.1, 0.15) is 12.1 Å². The fourth-order valence-corrected chi connectivity index (χ4v) is 5.25. The molecule has 1 saturated heterocycles. The molecule has 3 aliphatic rings. The van der Waals surface area contributed by atoms with E-state index in [9.17, 15) is 19.2 Å². The Hall–Kier alpha value is -3.68. The number of rotatable bonds is 8. The molecule has 8 nitrogen and oxygen atoms in total. The number of hydrogen-bond acceptors (Lipinski definition) is 4. The average Bonchev–Trinajstić information content (AvgIpc) is 3.59. The molecule has 8 heteroatoms. The van der Waals surface area contributed by atoms with E-state index >= 15 is 0 Å². The summed E-state index contributed by atoms with van der Waals surface area (Å²) < 4.78 is 0. The van der Waals surface area contributed by atoms with Gasteiger partial charge in [-0.3, -0.25) is 19.3 Å². The van der Waals surface area contributed by atoms with Crippen molar-refractivity contribution in [3.05, 3.63) is 65.2 Å². The Labute approximate surface area is 198 Å². The fourth-order valence-electron chi connectivity index (χ4n) is 5.25. The quantitative estimate of drug-likeness (QED) is 0.467. The van der Waals surface area contributed by atoms with E-state index in [-0.39, 0.29) is 24.4 Å². The Balaban J connectivity index is 1.36. The van der Waals surface area contributed by atoms with Crippen LogP contribution in [0.1, 0.15) is 42.9 Å². The smallest absolute Gasteiger partial charge is 0.325 e. The van der Waals surface area contributed by atoms with Gasteiger partial charge in [-0.25, -0.2) is 4.79 Å². The Bertz CT molecular complexity index is 1150. The number of anilines is 1. The van der Waals surface area contributed by atoms with E-state index in [1.54, 1.807) is 17.0 Å². The highest BCUT2D eigenvalue weighted by Gasteiger charge is 2.56. The van der Waals surface area contributed by atoms with Gasteiger partial charge in [-0.1, -0.05) is 36.4 Å². The van der Waals surface area contributed by atoms with Crippen LogP contribution in [0.3, 0.4) is 0 Å². The van der Waals surface area contributed by atoms with Crippen molar-refractivity contribution >= 4 is 29.9 Å². The molecule has 1 saturated carbocycles. The summed E-state index contributed by atoms with van der Waals surface area (Å²) in [5.41, 5.74) is 2.13. The number of hydrogen-bond donors (Lipinski definition) is 2. The van der Waals surface area contributed by atoms with Gasteiger partial charge in [0, 0.05) is 18.3 Å². The standard InChI is InChI=1S/C26H28N4O4/c1-17(19-7-8-19)29(14-18-5-3-2-4-6-18)23(32)15-30-24(33)26(28-25(30)34)12-11-20-13-21(27-16-31)9-10-22(20)26/h2-6,9-10,13,16-17,19H,7-8,11-12,14-15H2,1H3,(H,27,31)(H,28,34)/t17-,26?/m0/s1. The van der Waals surface area contributed by atoms with Gasteiger partial charge >= 0.3 is 6.03 Å². The van der Waals surface area contributed by atoms with Crippen LogP contribution < -0.4 is 10.6 Å². The van der Waals surface area contributed by atoms with Crippen LogP contribution in [0.4, 0.5) is 10.5 Å². The monoisotopic (exact) mass is 460 g/mol. The molecular formula is C26H28N4O4. The van der Waals surface area contributed by atoms with Gasteiger partial charge in [0.15, 0.2) is 0 Å². The topological polar surface area (TPSA) is 98.8 Å². The summed E-state index contributed by atoms with van der Waals surface area (Å²) in [5, 5.41) is 5.49. The lowest BCUT2D eigenvalue weighted by atomic mass is 9.91. The molecule has 2 N–H and O–H groups in total. The molecule has 2 fully saturated rings. The maximum Gasteiger partial charge on any atom is 0.325 e. The summed E-state index contributed by atoms with van der Waals surface area (Å²) in [6, 6.07) is 14.6. The Morgan fingerprint density at radius 3 is 2.71 bits per heavy atom. The number of amides is 5. The lowest BCUT2D eigenvalue weighted by molar-refractivity contribution is -0.141. The number of nitrogens with one attached hydrogen (secondary N) is 2. The van der Waals surface area contributed by atoms with Crippen molar-refractivity contribution in [3.63, 3.8) is 0 Å². The van der Waals surface area contributed by atoms with Crippen LogP contribution in [0.15, 0.2) is 48.5 Å². The first-order chi connectivity index (χ1) is 16.4. The zero-order valence-corrected chi connectivity index (χ0v) is 19.1. The van der Waals surface area contributed by atoms with Crippen LogP contribution in [0.25, 0.3) is 0 Å². The van der Waals surface area contributed by atoms with Crippen LogP contribution >= 0.6 is 0 Å². The van der Waals surface area contributed by atoms with E-state index in [2.05, 4.69) is 10.6 Å². The maximum atomic E-state index is 13.5. The number of nitrogens with zero attached hydrogens (tertiary/aromatic N) is 2. The number of urea groups is 1. The van der Waals surface area contributed by atoms with Gasteiger partial charge in [-0.05, 0) is 67.3 Å². The SMILES string of the molecule is C[C@@H](C1CC1)N(Cc1ccccc1)C(=O)CN1C(=O)NC2(CCc3cc(NC=O)ccc32)C1=O. The molecule has 1 unspecified atom stereocenters. The molecule has 0 radical (unpaired) electrons. The molecule has 34 heavy (non-hydrogen) atoms. The zero-order chi connectivity index (χ0) is 23.9. The summed E-state index contributed by atoms with van der Waals surface area (Å²) >= 11 is 0. The minimum atomic E-state index is -1.15. The summed E-state index contributed by atoms with van der Waals surface area (Å²) in [6.07, 6.45) is 3.80. The van der Waals surface area contributed by atoms with E-state index in [1.807, 2.05) is 43.3 Å². The molecule has 5 amide bonds. The first-order valence-electron chi connectivity index (χ1n) is 11.7.